The van der Waals surface area contributed by atoms with E-state index in [0.717, 1.165) is 27.8 Å². The van der Waals surface area contributed by atoms with Gasteiger partial charge in [0.25, 0.3) is 0 Å². The number of halogens is 1. The lowest BCUT2D eigenvalue weighted by Crippen LogP contribution is -1.91. The fourth-order valence-electron chi connectivity index (χ4n) is 1.30. The van der Waals surface area contributed by atoms with Gasteiger partial charge in [0, 0.05) is 6.42 Å². The van der Waals surface area contributed by atoms with Crippen LogP contribution in [0.2, 0.25) is 0 Å². The lowest BCUT2D eigenvalue weighted by Gasteiger charge is -2.08. The van der Waals surface area contributed by atoms with Gasteiger partial charge in [-0.05, 0) is 46.5 Å². The third-order valence-electron chi connectivity index (χ3n) is 2.03. The van der Waals surface area contributed by atoms with Gasteiger partial charge in [0.1, 0.15) is 5.75 Å². The van der Waals surface area contributed by atoms with E-state index in [4.69, 9.17) is 10.00 Å². The molecule has 1 aromatic rings. The van der Waals surface area contributed by atoms with E-state index in [0.29, 0.717) is 6.42 Å². The first-order valence-electron chi connectivity index (χ1n) is 4.39. The molecule has 0 spiro atoms. The number of hydrogen-bond donors (Lipinski definition) is 0. The van der Waals surface area contributed by atoms with Crippen molar-refractivity contribution in [3.05, 3.63) is 27.7 Å². The van der Waals surface area contributed by atoms with Crippen molar-refractivity contribution in [1.82, 2.24) is 0 Å². The van der Waals surface area contributed by atoms with Crippen molar-refractivity contribution < 1.29 is 4.74 Å². The number of rotatable bonds is 3. The zero-order valence-electron chi connectivity index (χ0n) is 8.30. The van der Waals surface area contributed by atoms with Crippen LogP contribution in [0.3, 0.4) is 0 Å². The molecular weight excluding hydrogens is 242 g/mol. The first-order valence-corrected chi connectivity index (χ1v) is 5.18. The number of benzene rings is 1. The molecule has 0 saturated carbocycles. The molecular formula is C11H12BrNO. The van der Waals surface area contributed by atoms with Gasteiger partial charge in [0.15, 0.2) is 0 Å². The summed E-state index contributed by atoms with van der Waals surface area (Å²) in [6.45, 7) is 2.02. The predicted octanol–water partition coefficient (Wildman–Crippen LogP) is 3.22. The average Bonchev–Trinajstić information content (AvgIpc) is 2.19. The highest BCUT2D eigenvalue weighted by Crippen LogP contribution is 2.29. The van der Waals surface area contributed by atoms with Gasteiger partial charge in [0.05, 0.1) is 17.7 Å². The summed E-state index contributed by atoms with van der Waals surface area (Å²) in [6, 6.07) is 6.18. The second kappa shape index (κ2) is 5.02. The molecule has 0 atom stereocenters. The fourth-order valence-corrected chi connectivity index (χ4v) is 1.69. The molecule has 0 heterocycles. The van der Waals surface area contributed by atoms with Crippen LogP contribution in [0.15, 0.2) is 16.6 Å². The summed E-state index contributed by atoms with van der Waals surface area (Å²) < 4.78 is 6.20. The van der Waals surface area contributed by atoms with Crippen LogP contribution in [0.5, 0.6) is 5.75 Å². The maximum Gasteiger partial charge on any atom is 0.133 e. The van der Waals surface area contributed by atoms with Gasteiger partial charge >= 0.3 is 0 Å². The second-order valence-electron chi connectivity index (χ2n) is 3.09. The molecule has 0 amide bonds. The third kappa shape index (κ3) is 2.49. The zero-order chi connectivity index (χ0) is 10.6. The average molecular weight is 254 g/mol. The molecule has 14 heavy (non-hydrogen) atoms. The number of nitrogens with zero attached hydrogens (tertiary/aromatic N) is 1. The molecule has 0 aliphatic rings. The molecule has 0 unspecified atom stereocenters. The Morgan fingerprint density at radius 3 is 2.79 bits per heavy atom. The topological polar surface area (TPSA) is 33.0 Å². The highest BCUT2D eigenvalue weighted by molar-refractivity contribution is 9.10. The van der Waals surface area contributed by atoms with Crippen molar-refractivity contribution in [2.75, 3.05) is 7.11 Å². The molecule has 1 aromatic carbocycles. The summed E-state index contributed by atoms with van der Waals surface area (Å²) in [7, 11) is 1.65. The van der Waals surface area contributed by atoms with E-state index in [9.17, 15) is 0 Å². The Morgan fingerprint density at radius 2 is 2.21 bits per heavy atom. The maximum absolute atomic E-state index is 8.49. The van der Waals surface area contributed by atoms with Gasteiger partial charge in [0.2, 0.25) is 0 Å². The van der Waals surface area contributed by atoms with E-state index >= 15 is 0 Å². The molecule has 0 radical (unpaired) electrons. The molecule has 0 aliphatic heterocycles. The number of methoxy groups -OCH3 is 1. The molecule has 74 valence electrons. The van der Waals surface area contributed by atoms with Crippen molar-refractivity contribution in [1.29, 1.82) is 5.26 Å². The van der Waals surface area contributed by atoms with Gasteiger partial charge in [-0.2, -0.15) is 5.26 Å². The van der Waals surface area contributed by atoms with Crippen molar-refractivity contribution in [3.63, 3.8) is 0 Å². The smallest absolute Gasteiger partial charge is 0.133 e. The van der Waals surface area contributed by atoms with Crippen molar-refractivity contribution in [2.24, 2.45) is 0 Å². The van der Waals surface area contributed by atoms with Crippen molar-refractivity contribution in [2.45, 2.75) is 19.8 Å². The maximum atomic E-state index is 8.49. The number of ether oxygens (including phenoxy) is 1. The summed E-state index contributed by atoms with van der Waals surface area (Å²) >= 11 is 3.45. The standard InChI is InChI=1S/C11H12BrNO/c1-8-6-9(4-3-5-13)7-10(14-2)11(8)12/h6-7H,3-4H2,1-2H3. The first-order chi connectivity index (χ1) is 6.69. The van der Waals surface area contributed by atoms with Gasteiger partial charge in [-0.3, -0.25) is 0 Å². The quantitative estimate of drug-likeness (QED) is 0.829. The summed E-state index contributed by atoms with van der Waals surface area (Å²) in [5, 5.41) is 8.49. The van der Waals surface area contributed by atoms with Gasteiger partial charge in [-0.1, -0.05) is 6.07 Å². The normalized spacial score (nSPS) is 9.57. The molecule has 0 aliphatic carbocycles. The SMILES string of the molecule is COc1cc(CCC#N)cc(C)c1Br. The Bertz CT molecular complexity index is 368. The number of hydrogen-bond acceptors (Lipinski definition) is 2. The Hall–Kier alpha value is -1.01. The molecule has 1 rings (SSSR count). The lowest BCUT2D eigenvalue weighted by atomic mass is 10.1. The molecule has 2 nitrogen and oxygen atoms in total. The Labute approximate surface area is 92.6 Å². The molecule has 0 aromatic heterocycles. The highest BCUT2D eigenvalue weighted by Gasteiger charge is 2.05. The highest BCUT2D eigenvalue weighted by atomic mass is 79.9. The van der Waals surface area contributed by atoms with Crippen molar-refractivity contribution >= 4 is 15.9 Å². The molecule has 3 heteroatoms. The molecule has 0 saturated heterocycles. The van der Waals surface area contributed by atoms with E-state index in [-0.39, 0.29) is 0 Å². The van der Waals surface area contributed by atoms with E-state index < -0.39 is 0 Å². The minimum absolute atomic E-state index is 0.546. The van der Waals surface area contributed by atoms with E-state index in [2.05, 4.69) is 28.1 Å². The van der Waals surface area contributed by atoms with Crippen LogP contribution >= 0.6 is 15.9 Å². The minimum atomic E-state index is 0.546. The van der Waals surface area contributed by atoms with Gasteiger partial charge < -0.3 is 4.74 Å². The Balaban J connectivity index is 2.98. The first kappa shape index (κ1) is 11.1. The number of aryl methyl sites for hydroxylation is 2. The number of nitriles is 1. The van der Waals surface area contributed by atoms with E-state index in [1.807, 2.05) is 13.0 Å². The largest absolute Gasteiger partial charge is 0.496 e. The van der Waals surface area contributed by atoms with Crippen LogP contribution in [0, 0.1) is 18.3 Å². The van der Waals surface area contributed by atoms with Crippen LogP contribution in [-0.4, -0.2) is 7.11 Å². The van der Waals surface area contributed by atoms with Crippen LogP contribution in [0.1, 0.15) is 17.5 Å². The monoisotopic (exact) mass is 253 g/mol. The second-order valence-corrected chi connectivity index (χ2v) is 3.88. The Kier molecular flexibility index (Phi) is 3.97. The van der Waals surface area contributed by atoms with Crippen LogP contribution in [-0.2, 0) is 6.42 Å². The third-order valence-corrected chi connectivity index (χ3v) is 3.04. The molecule has 0 fully saturated rings. The van der Waals surface area contributed by atoms with Gasteiger partial charge in [-0.25, -0.2) is 0 Å². The summed E-state index contributed by atoms with van der Waals surface area (Å²) in [5.41, 5.74) is 2.28. The zero-order valence-corrected chi connectivity index (χ0v) is 9.89. The summed E-state index contributed by atoms with van der Waals surface area (Å²) in [6.07, 6.45) is 1.32. The van der Waals surface area contributed by atoms with Gasteiger partial charge in [-0.15, -0.1) is 0 Å². The molecule has 0 N–H and O–H groups in total. The Morgan fingerprint density at radius 1 is 1.50 bits per heavy atom. The summed E-state index contributed by atoms with van der Waals surface area (Å²) in [4.78, 5) is 0. The molecule has 0 bridgehead atoms. The fraction of sp³-hybridized carbons (Fsp3) is 0.364. The van der Waals surface area contributed by atoms with E-state index in [1.165, 1.54) is 0 Å². The van der Waals surface area contributed by atoms with Crippen LogP contribution in [0.25, 0.3) is 0 Å². The lowest BCUT2D eigenvalue weighted by molar-refractivity contribution is 0.411. The van der Waals surface area contributed by atoms with E-state index in [1.54, 1.807) is 7.11 Å². The minimum Gasteiger partial charge on any atom is -0.496 e. The van der Waals surface area contributed by atoms with Crippen LogP contribution in [0.4, 0.5) is 0 Å². The predicted molar refractivity (Wildman–Crippen MR) is 59.4 cm³/mol. The summed E-state index contributed by atoms with van der Waals surface area (Å²) in [5.74, 6) is 0.831. The van der Waals surface area contributed by atoms with Crippen LogP contribution < -0.4 is 4.74 Å². The van der Waals surface area contributed by atoms with Crippen molar-refractivity contribution in [3.8, 4) is 11.8 Å².